The lowest BCUT2D eigenvalue weighted by Crippen LogP contribution is -2.43. The van der Waals surface area contributed by atoms with E-state index in [1.54, 1.807) is 14.2 Å². The van der Waals surface area contributed by atoms with Crippen LogP contribution in [0.4, 0.5) is 0 Å². The van der Waals surface area contributed by atoms with Crippen LogP contribution in [-0.4, -0.2) is 26.2 Å². The van der Waals surface area contributed by atoms with E-state index in [0.29, 0.717) is 18.5 Å². The highest BCUT2D eigenvalue weighted by molar-refractivity contribution is 14.0. The molecule has 0 aromatic heterocycles. The summed E-state index contributed by atoms with van der Waals surface area (Å²) in [4.78, 5) is 4.25. The molecule has 0 radical (unpaired) electrons. The molecular weight excluding hydrogens is 445 g/mol. The van der Waals surface area contributed by atoms with Gasteiger partial charge in [0.2, 0.25) is 0 Å². The molecule has 0 fully saturated rings. The fourth-order valence-electron chi connectivity index (χ4n) is 1.64. The van der Waals surface area contributed by atoms with Crippen molar-refractivity contribution in [2.75, 3.05) is 14.2 Å². The van der Waals surface area contributed by atoms with Crippen LogP contribution in [-0.2, 0) is 6.54 Å². The molecule has 0 aliphatic carbocycles. The second kappa shape index (κ2) is 10.3. The first-order valence-corrected chi connectivity index (χ1v) is 7.56. The number of benzene rings is 1. The lowest BCUT2D eigenvalue weighted by molar-refractivity contribution is 0.408. The van der Waals surface area contributed by atoms with Gasteiger partial charge in [-0.25, -0.2) is 0 Å². The zero-order chi connectivity index (χ0) is 15.1. The number of nitrogens with one attached hydrogen (secondary N) is 2. The third kappa shape index (κ3) is 6.86. The number of ether oxygens (including phenoxy) is 1. The molecule has 2 N–H and O–H groups in total. The topological polar surface area (TPSA) is 45.7 Å². The number of methoxy groups -OCH3 is 1. The number of halogens is 2. The maximum atomic E-state index is 5.36. The average molecular weight is 470 g/mol. The highest BCUT2D eigenvalue weighted by atomic mass is 127. The predicted molar refractivity (Wildman–Crippen MR) is 104 cm³/mol. The Kier molecular flexibility index (Phi) is 10.0. The smallest absolute Gasteiger partial charge is 0.191 e. The molecule has 1 rings (SSSR count). The van der Waals surface area contributed by atoms with Gasteiger partial charge in [-0.2, -0.15) is 0 Å². The van der Waals surface area contributed by atoms with Crippen molar-refractivity contribution in [2.24, 2.45) is 10.9 Å². The van der Waals surface area contributed by atoms with Crippen LogP contribution in [0.3, 0.4) is 0 Å². The minimum Gasteiger partial charge on any atom is -0.496 e. The molecule has 0 saturated heterocycles. The van der Waals surface area contributed by atoms with Crippen LogP contribution in [0, 0.1) is 5.92 Å². The average Bonchev–Trinajstić information content (AvgIpc) is 2.43. The molecule has 0 spiro atoms. The van der Waals surface area contributed by atoms with E-state index in [-0.39, 0.29) is 24.0 Å². The Balaban J connectivity index is 0.00000400. The Morgan fingerprint density at radius 2 is 2.00 bits per heavy atom. The van der Waals surface area contributed by atoms with Gasteiger partial charge in [-0.05, 0) is 31.0 Å². The van der Waals surface area contributed by atoms with E-state index in [0.717, 1.165) is 21.7 Å². The zero-order valence-corrected chi connectivity index (χ0v) is 17.2. The predicted octanol–water partition coefficient (Wildman–Crippen LogP) is 3.79. The first kappa shape index (κ1) is 20.5. The molecule has 0 heterocycles. The lowest BCUT2D eigenvalue weighted by atomic mass is 10.1. The van der Waals surface area contributed by atoms with E-state index in [4.69, 9.17) is 4.74 Å². The number of hydrogen-bond donors (Lipinski definition) is 2. The summed E-state index contributed by atoms with van der Waals surface area (Å²) >= 11 is 3.48. The summed E-state index contributed by atoms with van der Waals surface area (Å²) in [5, 5.41) is 6.69. The normalized spacial score (nSPS) is 12.6. The fourth-order valence-corrected chi connectivity index (χ4v) is 2.05. The third-order valence-electron chi connectivity index (χ3n) is 3.28. The van der Waals surface area contributed by atoms with Crippen molar-refractivity contribution < 1.29 is 4.74 Å². The van der Waals surface area contributed by atoms with Crippen LogP contribution in [0.5, 0.6) is 5.75 Å². The molecule has 1 aromatic rings. The highest BCUT2D eigenvalue weighted by Crippen LogP contribution is 2.22. The van der Waals surface area contributed by atoms with E-state index in [2.05, 4.69) is 52.3 Å². The second-order valence-electron chi connectivity index (χ2n) is 5.06. The summed E-state index contributed by atoms with van der Waals surface area (Å²) in [5.41, 5.74) is 1.09. The molecule has 21 heavy (non-hydrogen) atoms. The first-order chi connectivity index (χ1) is 9.47. The molecular formula is C15H25BrIN3O. The van der Waals surface area contributed by atoms with Crippen LogP contribution in [0.2, 0.25) is 0 Å². The van der Waals surface area contributed by atoms with Crippen molar-refractivity contribution in [3.8, 4) is 5.75 Å². The van der Waals surface area contributed by atoms with Crippen LogP contribution in [0.15, 0.2) is 27.7 Å². The largest absolute Gasteiger partial charge is 0.496 e. The molecule has 1 atom stereocenters. The number of guanidine groups is 1. The van der Waals surface area contributed by atoms with Crippen molar-refractivity contribution in [1.29, 1.82) is 0 Å². The molecule has 0 bridgehead atoms. The quantitative estimate of drug-likeness (QED) is 0.392. The minimum atomic E-state index is 0. The summed E-state index contributed by atoms with van der Waals surface area (Å²) in [6.07, 6.45) is 0. The molecule has 6 heteroatoms. The van der Waals surface area contributed by atoms with Gasteiger partial charge in [0.1, 0.15) is 5.75 Å². The van der Waals surface area contributed by atoms with Gasteiger partial charge in [-0.1, -0.05) is 29.8 Å². The van der Waals surface area contributed by atoms with E-state index in [1.165, 1.54) is 0 Å². The van der Waals surface area contributed by atoms with Gasteiger partial charge in [0.15, 0.2) is 5.96 Å². The van der Waals surface area contributed by atoms with Gasteiger partial charge in [0.25, 0.3) is 0 Å². The highest BCUT2D eigenvalue weighted by Gasteiger charge is 2.10. The Bertz CT molecular complexity index is 466. The fraction of sp³-hybridized carbons (Fsp3) is 0.533. The van der Waals surface area contributed by atoms with Crippen LogP contribution < -0.4 is 15.4 Å². The number of nitrogens with zero attached hydrogens (tertiary/aromatic N) is 1. The van der Waals surface area contributed by atoms with Gasteiger partial charge < -0.3 is 15.4 Å². The van der Waals surface area contributed by atoms with Gasteiger partial charge in [0, 0.05) is 29.7 Å². The van der Waals surface area contributed by atoms with Gasteiger partial charge >= 0.3 is 0 Å². The Morgan fingerprint density at radius 3 is 2.52 bits per heavy atom. The Hall–Kier alpha value is -0.500. The molecule has 0 aliphatic rings. The summed E-state index contributed by atoms with van der Waals surface area (Å²) in [5.74, 6) is 2.22. The molecule has 4 nitrogen and oxygen atoms in total. The van der Waals surface area contributed by atoms with E-state index in [9.17, 15) is 0 Å². The summed E-state index contributed by atoms with van der Waals surface area (Å²) in [6.45, 7) is 7.18. The standard InChI is InChI=1S/C15H24BrN3O.HI/c1-10(2)11(3)19-15(17-4)18-9-12-8-13(16)6-7-14(12)20-5;/h6-8,10-11H,9H2,1-5H3,(H2,17,18,19);1H. The monoisotopic (exact) mass is 469 g/mol. The third-order valence-corrected chi connectivity index (χ3v) is 3.77. The van der Waals surface area contributed by atoms with Gasteiger partial charge in [0.05, 0.1) is 7.11 Å². The molecule has 0 saturated carbocycles. The lowest BCUT2D eigenvalue weighted by Gasteiger charge is -2.21. The molecule has 120 valence electrons. The number of rotatable bonds is 5. The maximum Gasteiger partial charge on any atom is 0.191 e. The van der Waals surface area contributed by atoms with E-state index in [1.807, 2.05) is 18.2 Å². The van der Waals surface area contributed by atoms with Gasteiger partial charge in [-0.3, -0.25) is 4.99 Å². The van der Waals surface area contributed by atoms with Crippen LogP contribution >= 0.6 is 39.9 Å². The zero-order valence-electron chi connectivity index (χ0n) is 13.2. The van der Waals surface area contributed by atoms with Crippen molar-refractivity contribution in [1.82, 2.24) is 10.6 Å². The summed E-state index contributed by atoms with van der Waals surface area (Å²) in [6, 6.07) is 6.33. The molecule has 0 aliphatic heterocycles. The number of aliphatic imine (C=N–C) groups is 1. The van der Waals surface area contributed by atoms with Crippen molar-refractivity contribution >= 4 is 45.9 Å². The van der Waals surface area contributed by atoms with E-state index < -0.39 is 0 Å². The van der Waals surface area contributed by atoms with Crippen LogP contribution in [0.1, 0.15) is 26.3 Å². The summed E-state index contributed by atoms with van der Waals surface area (Å²) in [7, 11) is 3.46. The molecule has 1 aromatic carbocycles. The minimum absolute atomic E-state index is 0. The number of hydrogen-bond acceptors (Lipinski definition) is 2. The molecule has 1 unspecified atom stereocenters. The van der Waals surface area contributed by atoms with Crippen molar-refractivity contribution in [2.45, 2.75) is 33.4 Å². The second-order valence-corrected chi connectivity index (χ2v) is 5.97. The summed E-state index contributed by atoms with van der Waals surface area (Å²) < 4.78 is 6.40. The van der Waals surface area contributed by atoms with Crippen molar-refractivity contribution in [3.05, 3.63) is 28.2 Å². The Labute approximate surface area is 153 Å². The van der Waals surface area contributed by atoms with Gasteiger partial charge in [-0.15, -0.1) is 24.0 Å². The Morgan fingerprint density at radius 1 is 1.33 bits per heavy atom. The van der Waals surface area contributed by atoms with Crippen molar-refractivity contribution in [3.63, 3.8) is 0 Å². The van der Waals surface area contributed by atoms with Crippen LogP contribution in [0.25, 0.3) is 0 Å². The molecule has 0 amide bonds. The maximum absolute atomic E-state index is 5.36. The van der Waals surface area contributed by atoms with E-state index >= 15 is 0 Å². The first-order valence-electron chi connectivity index (χ1n) is 6.77. The SMILES string of the molecule is CN=C(NCc1cc(Br)ccc1OC)NC(C)C(C)C.I.